The summed E-state index contributed by atoms with van der Waals surface area (Å²) in [4.78, 5) is 18.6. The molecule has 120 valence electrons. The Balaban J connectivity index is 1.66. The van der Waals surface area contributed by atoms with E-state index in [1.165, 1.54) is 5.70 Å². The fourth-order valence-electron chi connectivity index (χ4n) is 3.25. The lowest BCUT2D eigenvalue weighted by atomic mass is 9.94. The Morgan fingerprint density at radius 1 is 1.45 bits per heavy atom. The Morgan fingerprint density at radius 3 is 3.05 bits per heavy atom. The summed E-state index contributed by atoms with van der Waals surface area (Å²) in [5.74, 6) is 0.331. The molecule has 2 N–H and O–H groups in total. The van der Waals surface area contributed by atoms with Crippen molar-refractivity contribution in [2.75, 3.05) is 19.8 Å². The van der Waals surface area contributed by atoms with Gasteiger partial charge < -0.3 is 15.4 Å². The van der Waals surface area contributed by atoms with Crippen molar-refractivity contribution in [3.63, 3.8) is 0 Å². The van der Waals surface area contributed by atoms with Gasteiger partial charge in [0, 0.05) is 24.9 Å². The summed E-state index contributed by atoms with van der Waals surface area (Å²) in [6, 6.07) is 0.0510. The van der Waals surface area contributed by atoms with Gasteiger partial charge in [0.2, 0.25) is 0 Å². The molecule has 3 heterocycles. The molecule has 3 aliphatic heterocycles. The summed E-state index contributed by atoms with van der Waals surface area (Å²) in [5.41, 5.74) is 3.23. The molecule has 0 aliphatic carbocycles. The van der Waals surface area contributed by atoms with Gasteiger partial charge in [-0.1, -0.05) is 19.9 Å². The predicted molar refractivity (Wildman–Crippen MR) is 85.3 cm³/mol. The van der Waals surface area contributed by atoms with E-state index < -0.39 is 0 Å². The molecule has 3 aliphatic rings. The van der Waals surface area contributed by atoms with E-state index in [0.29, 0.717) is 12.5 Å². The minimum absolute atomic E-state index is 0.0510. The Morgan fingerprint density at radius 2 is 2.32 bits per heavy atom. The minimum atomic E-state index is -0.249. The first-order chi connectivity index (χ1) is 10.7. The summed E-state index contributed by atoms with van der Waals surface area (Å²) < 4.78 is 5.48. The first-order valence-electron chi connectivity index (χ1n) is 8.02. The van der Waals surface area contributed by atoms with Crippen molar-refractivity contribution in [1.29, 1.82) is 0 Å². The van der Waals surface area contributed by atoms with E-state index in [1.54, 1.807) is 0 Å². The summed E-state index contributed by atoms with van der Waals surface area (Å²) in [7, 11) is 0. The van der Waals surface area contributed by atoms with E-state index in [0.717, 1.165) is 37.3 Å². The van der Waals surface area contributed by atoms with Crippen molar-refractivity contribution in [2.24, 2.45) is 10.9 Å². The lowest BCUT2D eigenvalue weighted by Crippen LogP contribution is -2.49. The number of aliphatic imine (C=N–C) groups is 1. The van der Waals surface area contributed by atoms with Crippen molar-refractivity contribution < 1.29 is 9.53 Å². The van der Waals surface area contributed by atoms with Crippen LogP contribution in [0.25, 0.3) is 0 Å². The average molecular weight is 304 g/mol. The van der Waals surface area contributed by atoms with Gasteiger partial charge in [-0.3, -0.25) is 9.89 Å². The Labute approximate surface area is 131 Å². The second-order valence-electron chi connectivity index (χ2n) is 6.19. The molecule has 22 heavy (non-hydrogen) atoms. The number of amides is 1. The molecule has 1 amide bonds. The van der Waals surface area contributed by atoms with Crippen molar-refractivity contribution in [2.45, 2.75) is 39.2 Å². The summed E-state index contributed by atoms with van der Waals surface area (Å²) >= 11 is 0. The molecular formula is C16H24N4O2. The number of nitrogens with zero attached hydrogens (tertiary/aromatic N) is 2. The molecular weight excluding hydrogens is 280 g/mol. The summed E-state index contributed by atoms with van der Waals surface area (Å²) in [5, 5.41) is 6.71. The summed E-state index contributed by atoms with van der Waals surface area (Å²) in [6.07, 6.45) is 6.45. The molecule has 1 atom stereocenters. The molecule has 0 spiro atoms. The zero-order valence-corrected chi connectivity index (χ0v) is 13.3. The Kier molecular flexibility index (Phi) is 4.36. The van der Waals surface area contributed by atoms with Gasteiger partial charge in [-0.15, -0.1) is 0 Å². The number of carbonyl (C=O) groups is 1. The number of hydrogen-bond acceptors (Lipinski definition) is 5. The first kappa shape index (κ1) is 14.9. The molecule has 3 rings (SSSR count). The van der Waals surface area contributed by atoms with Crippen molar-refractivity contribution in [1.82, 2.24) is 15.5 Å². The molecule has 0 radical (unpaired) electrons. The van der Waals surface area contributed by atoms with Crippen LogP contribution in [0.15, 0.2) is 28.2 Å². The topological polar surface area (TPSA) is 66.0 Å². The van der Waals surface area contributed by atoms with Gasteiger partial charge in [0.05, 0.1) is 24.1 Å². The minimum Gasteiger partial charge on any atom is -0.443 e. The Bertz CT molecular complexity index is 536. The van der Waals surface area contributed by atoms with Crippen LogP contribution in [-0.4, -0.2) is 43.1 Å². The van der Waals surface area contributed by atoms with Gasteiger partial charge in [-0.25, -0.2) is 4.79 Å². The number of ether oxygens (including phenoxy) is 1. The molecule has 6 nitrogen and oxygen atoms in total. The fraction of sp³-hybridized carbons (Fsp3) is 0.625. The molecule has 0 aromatic heterocycles. The maximum atomic E-state index is 12.5. The third kappa shape index (κ3) is 2.96. The highest BCUT2D eigenvalue weighted by Crippen LogP contribution is 2.28. The van der Waals surface area contributed by atoms with Gasteiger partial charge in [-0.05, 0) is 18.8 Å². The van der Waals surface area contributed by atoms with Crippen LogP contribution in [0, 0.1) is 5.92 Å². The lowest BCUT2D eigenvalue weighted by Gasteiger charge is -2.38. The quantitative estimate of drug-likeness (QED) is 0.836. The smallest absolute Gasteiger partial charge is 0.410 e. The largest absolute Gasteiger partial charge is 0.443 e. The van der Waals surface area contributed by atoms with E-state index >= 15 is 0 Å². The van der Waals surface area contributed by atoms with Crippen LogP contribution < -0.4 is 10.6 Å². The molecule has 1 unspecified atom stereocenters. The van der Waals surface area contributed by atoms with Crippen LogP contribution in [0.1, 0.15) is 33.1 Å². The van der Waals surface area contributed by atoms with E-state index in [9.17, 15) is 4.79 Å². The number of rotatable bonds is 3. The molecule has 0 saturated heterocycles. The highest BCUT2D eigenvalue weighted by atomic mass is 16.6. The van der Waals surface area contributed by atoms with Crippen molar-refractivity contribution in [3.8, 4) is 0 Å². The van der Waals surface area contributed by atoms with Crippen LogP contribution >= 0.6 is 0 Å². The molecule has 0 saturated carbocycles. The molecule has 0 fully saturated rings. The average Bonchev–Trinajstić information content (AvgIpc) is 3.00. The van der Waals surface area contributed by atoms with Gasteiger partial charge in [0.1, 0.15) is 6.61 Å². The maximum Gasteiger partial charge on any atom is 0.410 e. The van der Waals surface area contributed by atoms with Crippen LogP contribution in [0.3, 0.4) is 0 Å². The van der Waals surface area contributed by atoms with Crippen LogP contribution in [0.4, 0.5) is 4.79 Å². The third-order valence-corrected chi connectivity index (χ3v) is 4.28. The van der Waals surface area contributed by atoms with Crippen LogP contribution in [0.2, 0.25) is 0 Å². The van der Waals surface area contributed by atoms with Crippen molar-refractivity contribution in [3.05, 3.63) is 23.2 Å². The Hall–Kier alpha value is -1.98. The molecule has 0 aromatic carbocycles. The SMILES string of the molecule is CC(C)C1C2=C(CCN1C(=O)OCC1=CCCC=N1)NCN2. The van der Waals surface area contributed by atoms with E-state index in [4.69, 9.17) is 4.74 Å². The fourth-order valence-corrected chi connectivity index (χ4v) is 3.25. The number of carbonyl (C=O) groups excluding carboxylic acids is 1. The zero-order valence-electron chi connectivity index (χ0n) is 13.3. The zero-order chi connectivity index (χ0) is 15.5. The summed E-state index contributed by atoms with van der Waals surface area (Å²) in [6.45, 7) is 5.97. The molecule has 0 bridgehead atoms. The third-order valence-electron chi connectivity index (χ3n) is 4.28. The van der Waals surface area contributed by atoms with Crippen molar-refractivity contribution >= 4 is 12.3 Å². The van der Waals surface area contributed by atoms with Crippen LogP contribution in [0.5, 0.6) is 0 Å². The van der Waals surface area contributed by atoms with Gasteiger partial charge >= 0.3 is 6.09 Å². The normalized spacial score (nSPS) is 23.9. The number of allylic oxidation sites excluding steroid dienone is 1. The predicted octanol–water partition coefficient (Wildman–Crippen LogP) is 1.96. The number of hydrogen-bond donors (Lipinski definition) is 2. The maximum absolute atomic E-state index is 12.5. The van der Waals surface area contributed by atoms with Gasteiger partial charge in [0.25, 0.3) is 0 Å². The second-order valence-corrected chi connectivity index (χ2v) is 6.19. The van der Waals surface area contributed by atoms with E-state index in [1.807, 2.05) is 17.2 Å². The van der Waals surface area contributed by atoms with E-state index in [-0.39, 0.29) is 18.7 Å². The van der Waals surface area contributed by atoms with Crippen LogP contribution in [-0.2, 0) is 4.74 Å². The standard InChI is InChI=1S/C16H24N4O2/c1-11(2)15-14-13(18-10-19-14)6-8-20(15)16(21)22-9-12-5-3-4-7-17-12/h5,7,11,15,18-19H,3-4,6,8-10H2,1-2H3. The van der Waals surface area contributed by atoms with E-state index in [2.05, 4.69) is 29.5 Å². The second kappa shape index (κ2) is 6.42. The number of nitrogens with one attached hydrogen (secondary N) is 2. The van der Waals surface area contributed by atoms with Gasteiger partial charge in [-0.2, -0.15) is 0 Å². The molecule has 0 aromatic rings. The lowest BCUT2D eigenvalue weighted by molar-refractivity contribution is 0.0852. The highest BCUT2D eigenvalue weighted by Gasteiger charge is 2.37. The van der Waals surface area contributed by atoms with Gasteiger partial charge in [0.15, 0.2) is 0 Å². The first-order valence-corrected chi connectivity index (χ1v) is 8.02. The highest BCUT2D eigenvalue weighted by molar-refractivity contribution is 5.69. The molecule has 6 heteroatoms. The monoisotopic (exact) mass is 304 g/mol.